The molecule has 0 fully saturated rings. The summed E-state index contributed by atoms with van der Waals surface area (Å²) in [4.78, 5) is 0. The van der Waals surface area contributed by atoms with Crippen LogP contribution in [0.25, 0.3) is 0 Å². The van der Waals surface area contributed by atoms with Crippen LogP contribution in [-0.2, 0) is 16.0 Å². The minimum absolute atomic E-state index is 0.368. The molecule has 0 atom stereocenters. The highest BCUT2D eigenvalue weighted by atomic mass is 16.7. The number of rotatable bonds is 6. The summed E-state index contributed by atoms with van der Waals surface area (Å²) in [6.07, 6.45) is -0.368. The number of hydrogen-bond donors (Lipinski definition) is 1. The lowest BCUT2D eigenvalue weighted by atomic mass is 10.2. The molecule has 0 radical (unpaired) electrons. The van der Waals surface area contributed by atoms with Crippen LogP contribution in [0.3, 0.4) is 0 Å². The van der Waals surface area contributed by atoms with E-state index in [9.17, 15) is 0 Å². The summed E-state index contributed by atoms with van der Waals surface area (Å²) in [5.74, 6) is 0.855. The van der Waals surface area contributed by atoms with Crippen molar-refractivity contribution >= 4 is 0 Å². The van der Waals surface area contributed by atoms with Crippen LogP contribution in [0.5, 0.6) is 5.75 Å². The lowest BCUT2D eigenvalue weighted by Crippen LogP contribution is -2.31. The van der Waals surface area contributed by atoms with Gasteiger partial charge in [-0.25, -0.2) is 0 Å². The van der Waals surface area contributed by atoms with Gasteiger partial charge >= 0.3 is 0 Å². The van der Waals surface area contributed by atoms with Gasteiger partial charge in [0.1, 0.15) is 5.75 Å². The predicted octanol–water partition coefficient (Wildman–Crippen LogP) is 1.36. The number of methoxy groups -OCH3 is 3. The topological polar surface area (TPSA) is 39.7 Å². The van der Waals surface area contributed by atoms with Crippen LogP contribution in [0, 0.1) is 0 Å². The molecule has 15 heavy (non-hydrogen) atoms. The molecule has 4 nitrogen and oxygen atoms in total. The van der Waals surface area contributed by atoms with E-state index in [-0.39, 0.29) is 6.41 Å². The summed E-state index contributed by atoms with van der Waals surface area (Å²) in [6, 6.07) is 7.83. The lowest BCUT2D eigenvalue weighted by molar-refractivity contribution is -0.124. The molecule has 0 spiro atoms. The van der Waals surface area contributed by atoms with Crippen LogP contribution >= 0.6 is 0 Å². The van der Waals surface area contributed by atoms with Crippen molar-refractivity contribution in [1.82, 2.24) is 5.32 Å². The van der Waals surface area contributed by atoms with E-state index in [2.05, 4.69) is 5.32 Å². The third kappa shape index (κ3) is 3.87. The van der Waals surface area contributed by atoms with Gasteiger partial charge in [-0.2, -0.15) is 0 Å². The second kappa shape index (κ2) is 6.40. The zero-order valence-electron chi connectivity index (χ0n) is 9.32. The highest BCUT2D eigenvalue weighted by Gasteiger charge is 2.03. The van der Waals surface area contributed by atoms with Crippen molar-refractivity contribution in [2.24, 2.45) is 0 Å². The van der Waals surface area contributed by atoms with E-state index in [1.807, 2.05) is 24.3 Å². The molecule has 84 valence electrons. The van der Waals surface area contributed by atoms with Gasteiger partial charge in [0.25, 0.3) is 0 Å². The van der Waals surface area contributed by atoms with Crippen LogP contribution in [0.15, 0.2) is 24.3 Å². The van der Waals surface area contributed by atoms with Gasteiger partial charge in [0.15, 0.2) is 0 Å². The molecule has 1 rings (SSSR count). The molecular weight excluding hydrogens is 194 g/mol. The van der Waals surface area contributed by atoms with Crippen LogP contribution < -0.4 is 10.1 Å². The molecule has 0 aliphatic heterocycles. The van der Waals surface area contributed by atoms with Crippen molar-refractivity contribution in [3.05, 3.63) is 29.8 Å². The maximum atomic E-state index is 5.07. The third-order valence-electron chi connectivity index (χ3n) is 2.06. The van der Waals surface area contributed by atoms with Gasteiger partial charge in [-0.1, -0.05) is 12.1 Å². The molecule has 0 aliphatic rings. The summed E-state index contributed by atoms with van der Waals surface area (Å²) >= 11 is 0. The largest absolute Gasteiger partial charge is 0.497 e. The Morgan fingerprint density at radius 2 is 1.67 bits per heavy atom. The van der Waals surface area contributed by atoms with Crippen LogP contribution in [0.2, 0.25) is 0 Å². The Kier molecular flexibility index (Phi) is 5.10. The van der Waals surface area contributed by atoms with E-state index in [1.54, 1.807) is 21.3 Å². The lowest BCUT2D eigenvalue weighted by Gasteiger charge is -2.14. The molecule has 1 N–H and O–H groups in total. The summed E-state index contributed by atoms with van der Waals surface area (Å²) in [5, 5.41) is 3.09. The molecule has 4 heteroatoms. The molecule has 0 bridgehead atoms. The normalized spacial score (nSPS) is 10.7. The van der Waals surface area contributed by atoms with Crippen LogP contribution in [-0.4, -0.2) is 27.7 Å². The van der Waals surface area contributed by atoms with Crippen LogP contribution in [0.1, 0.15) is 5.56 Å². The van der Waals surface area contributed by atoms with E-state index < -0.39 is 0 Å². The Hall–Kier alpha value is -1.10. The molecule has 0 amide bonds. The average Bonchev–Trinajstić information content (AvgIpc) is 2.31. The Morgan fingerprint density at radius 3 is 2.13 bits per heavy atom. The van der Waals surface area contributed by atoms with Gasteiger partial charge in [-0.05, 0) is 17.7 Å². The van der Waals surface area contributed by atoms with Crippen molar-refractivity contribution in [3.63, 3.8) is 0 Å². The minimum atomic E-state index is -0.368. The van der Waals surface area contributed by atoms with Crippen molar-refractivity contribution in [3.8, 4) is 5.75 Å². The molecule has 0 saturated carbocycles. The molecular formula is C11H17NO3. The molecule has 0 heterocycles. The van der Waals surface area contributed by atoms with Crippen molar-refractivity contribution < 1.29 is 14.2 Å². The maximum Gasteiger partial charge on any atom is 0.215 e. The zero-order valence-corrected chi connectivity index (χ0v) is 9.32. The maximum absolute atomic E-state index is 5.07. The Bertz CT molecular complexity index is 270. The standard InChI is InChI=1S/C11H17NO3/c1-13-10-6-4-9(5-7-10)8-12-11(14-2)15-3/h4-7,11-12H,8H2,1-3H3. The summed E-state index contributed by atoms with van der Waals surface area (Å²) in [5.41, 5.74) is 1.15. The van der Waals surface area contributed by atoms with E-state index in [0.717, 1.165) is 11.3 Å². The van der Waals surface area contributed by atoms with Gasteiger partial charge < -0.3 is 14.2 Å². The summed E-state index contributed by atoms with van der Waals surface area (Å²) in [6.45, 7) is 0.691. The Balaban J connectivity index is 2.43. The second-order valence-electron chi connectivity index (χ2n) is 3.03. The first-order valence-electron chi connectivity index (χ1n) is 4.72. The number of benzene rings is 1. The van der Waals surface area contributed by atoms with Gasteiger partial charge in [0.05, 0.1) is 7.11 Å². The molecule has 0 aromatic heterocycles. The average molecular weight is 211 g/mol. The number of nitrogens with one attached hydrogen (secondary N) is 1. The molecule has 0 aliphatic carbocycles. The highest BCUT2D eigenvalue weighted by Crippen LogP contribution is 2.11. The van der Waals surface area contributed by atoms with Gasteiger partial charge in [0, 0.05) is 20.8 Å². The fourth-order valence-corrected chi connectivity index (χ4v) is 1.21. The first kappa shape index (κ1) is 12.0. The summed E-state index contributed by atoms with van der Waals surface area (Å²) < 4.78 is 15.1. The van der Waals surface area contributed by atoms with E-state index in [4.69, 9.17) is 14.2 Å². The molecule has 1 aromatic carbocycles. The predicted molar refractivity (Wildman–Crippen MR) is 57.6 cm³/mol. The Morgan fingerprint density at radius 1 is 1.07 bits per heavy atom. The first-order valence-corrected chi connectivity index (χ1v) is 4.72. The highest BCUT2D eigenvalue weighted by molar-refractivity contribution is 5.26. The fraction of sp³-hybridized carbons (Fsp3) is 0.455. The molecule has 1 aromatic rings. The monoisotopic (exact) mass is 211 g/mol. The third-order valence-corrected chi connectivity index (χ3v) is 2.06. The SMILES string of the molecule is COc1ccc(CNC(OC)OC)cc1. The van der Waals surface area contributed by atoms with Crippen molar-refractivity contribution in [1.29, 1.82) is 0 Å². The van der Waals surface area contributed by atoms with Gasteiger partial charge in [-0.3, -0.25) is 5.32 Å². The fourth-order valence-electron chi connectivity index (χ4n) is 1.21. The van der Waals surface area contributed by atoms with Crippen LogP contribution in [0.4, 0.5) is 0 Å². The van der Waals surface area contributed by atoms with Crippen molar-refractivity contribution in [2.75, 3.05) is 21.3 Å². The molecule has 0 saturated heterocycles. The smallest absolute Gasteiger partial charge is 0.215 e. The quantitative estimate of drug-likeness (QED) is 0.721. The number of ether oxygens (including phenoxy) is 3. The van der Waals surface area contributed by atoms with E-state index >= 15 is 0 Å². The minimum Gasteiger partial charge on any atom is -0.497 e. The van der Waals surface area contributed by atoms with Gasteiger partial charge in [0.2, 0.25) is 6.41 Å². The van der Waals surface area contributed by atoms with Gasteiger partial charge in [-0.15, -0.1) is 0 Å². The van der Waals surface area contributed by atoms with Crippen molar-refractivity contribution in [2.45, 2.75) is 13.0 Å². The molecule has 0 unspecified atom stereocenters. The van der Waals surface area contributed by atoms with E-state index in [0.29, 0.717) is 6.54 Å². The first-order chi connectivity index (χ1) is 7.30. The summed E-state index contributed by atoms with van der Waals surface area (Å²) in [7, 11) is 4.84. The number of hydrogen-bond acceptors (Lipinski definition) is 4. The second-order valence-corrected chi connectivity index (χ2v) is 3.03. The zero-order chi connectivity index (χ0) is 11.1. The Labute approximate surface area is 90.1 Å². The van der Waals surface area contributed by atoms with E-state index in [1.165, 1.54) is 0 Å².